The topological polar surface area (TPSA) is 32.8 Å². The van der Waals surface area contributed by atoms with Crippen LogP contribution in [0.4, 0.5) is 5.69 Å². The molecule has 3 rings (SSSR count). The van der Waals surface area contributed by atoms with Gasteiger partial charge in [-0.05, 0) is 38.8 Å². The van der Waals surface area contributed by atoms with Crippen LogP contribution in [0.15, 0.2) is 24.3 Å². The minimum atomic E-state index is -0.0926. The molecule has 0 saturated carbocycles. The van der Waals surface area contributed by atoms with Gasteiger partial charge in [0.05, 0.1) is 18.8 Å². The number of carbonyl (C=O) groups is 1. The van der Waals surface area contributed by atoms with Crippen molar-refractivity contribution in [3.8, 4) is 0 Å². The molecule has 1 aromatic rings. The van der Waals surface area contributed by atoms with Crippen LogP contribution in [0.1, 0.15) is 26.3 Å². The fraction of sp³-hybridized carbons (Fsp3) is 0.588. The quantitative estimate of drug-likeness (QED) is 0.835. The third-order valence-corrected chi connectivity index (χ3v) is 4.62. The molecule has 4 nitrogen and oxygen atoms in total. The van der Waals surface area contributed by atoms with Crippen molar-refractivity contribution in [1.82, 2.24) is 4.90 Å². The van der Waals surface area contributed by atoms with Gasteiger partial charge in [-0.3, -0.25) is 9.69 Å². The molecular weight excluding hydrogens is 264 g/mol. The maximum atomic E-state index is 13.0. The molecule has 1 fully saturated rings. The van der Waals surface area contributed by atoms with Crippen LogP contribution in [0.2, 0.25) is 0 Å². The monoisotopic (exact) mass is 288 g/mol. The van der Waals surface area contributed by atoms with Crippen LogP contribution < -0.4 is 4.90 Å². The maximum absolute atomic E-state index is 13.0. The maximum Gasteiger partial charge on any atom is 0.244 e. The van der Waals surface area contributed by atoms with E-state index in [2.05, 4.69) is 30.9 Å². The fourth-order valence-corrected chi connectivity index (χ4v) is 3.46. The van der Waals surface area contributed by atoms with Gasteiger partial charge >= 0.3 is 0 Å². The molecule has 1 aromatic carbocycles. The highest BCUT2D eigenvalue weighted by atomic mass is 16.5. The van der Waals surface area contributed by atoms with Crippen molar-refractivity contribution >= 4 is 11.6 Å². The highest BCUT2D eigenvalue weighted by Gasteiger charge is 2.35. The first kappa shape index (κ1) is 14.5. The molecule has 0 bridgehead atoms. The van der Waals surface area contributed by atoms with Gasteiger partial charge in [0, 0.05) is 24.8 Å². The molecule has 2 aliphatic heterocycles. The first-order chi connectivity index (χ1) is 10.1. The molecule has 0 radical (unpaired) electrons. The average Bonchev–Trinajstić information content (AvgIpc) is 2.81. The summed E-state index contributed by atoms with van der Waals surface area (Å²) in [6, 6.07) is 8.40. The summed E-state index contributed by atoms with van der Waals surface area (Å²) in [6.45, 7) is 8.60. The highest BCUT2D eigenvalue weighted by molar-refractivity contribution is 5.99. The van der Waals surface area contributed by atoms with E-state index in [4.69, 9.17) is 4.74 Å². The Labute approximate surface area is 126 Å². The predicted octanol–water partition coefficient (Wildman–Crippen LogP) is 2.07. The number of carbonyl (C=O) groups excluding carboxylic acids is 1. The van der Waals surface area contributed by atoms with E-state index in [-0.39, 0.29) is 24.1 Å². The summed E-state index contributed by atoms with van der Waals surface area (Å²) in [5.74, 6) is 0.210. The first-order valence-electron chi connectivity index (χ1n) is 7.84. The summed E-state index contributed by atoms with van der Waals surface area (Å²) >= 11 is 0. The molecule has 1 amide bonds. The van der Waals surface area contributed by atoms with Gasteiger partial charge in [0.1, 0.15) is 0 Å². The van der Waals surface area contributed by atoms with E-state index in [1.54, 1.807) is 0 Å². The number of rotatable bonds is 2. The van der Waals surface area contributed by atoms with E-state index in [0.29, 0.717) is 6.61 Å². The molecular formula is C17H24N2O2. The van der Waals surface area contributed by atoms with Crippen molar-refractivity contribution in [2.45, 2.75) is 45.4 Å². The summed E-state index contributed by atoms with van der Waals surface area (Å²) in [5, 5.41) is 0. The van der Waals surface area contributed by atoms with E-state index in [9.17, 15) is 4.79 Å². The lowest BCUT2D eigenvalue weighted by molar-refractivity contribution is -0.126. The highest BCUT2D eigenvalue weighted by Crippen LogP contribution is 2.32. The summed E-state index contributed by atoms with van der Waals surface area (Å²) in [4.78, 5) is 17.2. The van der Waals surface area contributed by atoms with Gasteiger partial charge in [-0.15, -0.1) is 0 Å². The number of morpholine rings is 1. The molecule has 2 aliphatic rings. The second-order valence-electron chi connectivity index (χ2n) is 6.24. The van der Waals surface area contributed by atoms with Crippen molar-refractivity contribution in [1.29, 1.82) is 0 Å². The zero-order chi connectivity index (χ0) is 15.0. The number of anilines is 1. The van der Waals surface area contributed by atoms with Crippen LogP contribution in [-0.4, -0.2) is 48.7 Å². The number of fused-ring (bicyclic) bond motifs is 1. The molecule has 1 saturated heterocycles. The zero-order valence-electron chi connectivity index (χ0n) is 13.1. The third kappa shape index (κ3) is 2.70. The number of ether oxygens (including phenoxy) is 1. The average molecular weight is 288 g/mol. The minimum absolute atomic E-state index is 0.0926. The Kier molecular flexibility index (Phi) is 4.00. The molecule has 0 aromatic heterocycles. The number of amides is 1. The Morgan fingerprint density at radius 2 is 2.10 bits per heavy atom. The molecule has 0 spiro atoms. The Bertz CT molecular complexity index is 531. The van der Waals surface area contributed by atoms with E-state index >= 15 is 0 Å². The van der Waals surface area contributed by atoms with Crippen molar-refractivity contribution in [3.05, 3.63) is 29.8 Å². The van der Waals surface area contributed by atoms with Crippen LogP contribution in [-0.2, 0) is 16.0 Å². The van der Waals surface area contributed by atoms with Gasteiger partial charge in [-0.2, -0.15) is 0 Å². The van der Waals surface area contributed by atoms with Gasteiger partial charge < -0.3 is 9.64 Å². The molecule has 3 atom stereocenters. The molecule has 0 unspecified atom stereocenters. The molecule has 21 heavy (non-hydrogen) atoms. The standard InChI is InChI=1S/C17H24N2O2/c1-12-10-15-6-4-5-7-16(15)19(12)17(20)14(3)18-8-9-21-13(2)11-18/h4-7,12-14H,8-11H2,1-3H3/t12-,13-,14-/m0/s1. The Hall–Kier alpha value is -1.39. The van der Waals surface area contributed by atoms with Crippen LogP contribution in [0.3, 0.4) is 0 Å². The van der Waals surface area contributed by atoms with Gasteiger partial charge in [-0.1, -0.05) is 18.2 Å². The fourth-order valence-electron chi connectivity index (χ4n) is 3.46. The van der Waals surface area contributed by atoms with Crippen molar-refractivity contribution in [3.63, 3.8) is 0 Å². The number of benzene rings is 1. The van der Waals surface area contributed by atoms with Gasteiger partial charge in [0.15, 0.2) is 0 Å². The Morgan fingerprint density at radius 1 is 1.33 bits per heavy atom. The van der Waals surface area contributed by atoms with E-state index in [1.807, 2.05) is 24.0 Å². The number of nitrogens with zero attached hydrogens (tertiary/aromatic N) is 2. The Balaban J connectivity index is 1.78. The minimum Gasteiger partial charge on any atom is -0.376 e. The van der Waals surface area contributed by atoms with E-state index in [1.165, 1.54) is 5.56 Å². The second kappa shape index (κ2) is 5.78. The molecule has 0 N–H and O–H groups in total. The molecule has 4 heteroatoms. The summed E-state index contributed by atoms with van der Waals surface area (Å²) in [6.07, 6.45) is 1.16. The summed E-state index contributed by atoms with van der Waals surface area (Å²) < 4.78 is 5.57. The Morgan fingerprint density at radius 3 is 2.86 bits per heavy atom. The number of hydrogen-bond acceptors (Lipinski definition) is 3. The zero-order valence-corrected chi connectivity index (χ0v) is 13.1. The largest absolute Gasteiger partial charge is 0.376 e. The predicted molar refractivity (Wildman–Crippen MR) is 83.5 cm³/mol. The molecule has 114 valence electrons. The van der Waals surface area contributed by atoms with Crippen molar-refractivity contribution in [2.24, 2.45) is 0 Å². The van der Waals surface area contributed by atoms with E-state index < -0.39 is 0 Å². The van der Waals surface area contributed by atoms with Crippen molar-refractivity contribution < 1.29 is 9.53 Å². The van der Waals surface area contributed by atoms with Gasteiger partial charge in [-0.25, -0.2) is 0 Å². The van der Waals surface area contributed by atoms with Crippen LogP contribution >= 0.6 is 0 Å². The second-order valence-corrected chi connectivity index (χ2v) is 6.24. The van der Waals surface area contributed by atoms with E-state index in [0.717, 1.165) is 25.2 Å². The molecule has 0 aliphatic carbocycles. The summed E-state index contributed by atoms with van der Waals surface area (Å²) in [5.41, 5.74) is 2.36. The molecule has 2 heterocycles. The number of para-hydroxylation sites is 1. The van der Waals surface area contributed by atoms with Crippen LogP contribution in [0.5, 0.6) is 0 Å². The number of hydrogen-bond donors (Lipinski definition) is 0. The van der Waals surface area contributed by atoms with Crippen LogP contribution in [0, 0.1) is 0 Å². The van der Waals surface area contributed by atoms with Crippen LogP contribution in [0.25, 0.3) is 0 Å². The van der Waals surface area contributed by atoms with Gasteiger partial charge in [0.2, 0.25) is 5.91 Å². The lowest BCUT2D eigenvalue weighted by Crippen LogP contribution is -2.53. The SMILES string of the molecule is C[C@H]1CN([C@@H](C)C(=O)N2c3ccccc3C[C@@H]2C)CCO1. The van der Waals surface area contributed by atoms with Crippen molar-refractivity contribution in [2.75, 3.05) is 24.6 Å². The smallest absolute Gasteiger partial charge is 0.244 e. The summed E-state index contributed by atoms with van der Waals surface area (Å²) in [7, 11) is 0. The normalized spacial score (nSPS) is 27.5. The van der Waals surface area contributed by atoms with Gasteiger partial charge in [0.25, 0.3) is 0 Å². The lowest BCUT2D eigenvalue weighted by atomic mass is 10.1. The lowest BCUT2D eigenvalue weighted by Gasteiger charge is -2.37. The third-order valence-electron chi connectivity index (χ3n) is 4.62. The first-order valence-corrected chi connectivity index (χ1v) is 7.84.